The van der Waals surface area contributed by atoms with Gasteiger partial charge < -0.3 is 19.8 Å². The van der Waals surface area contributed by atoms with E-state index in [9.17, 15) is 19.8 Å². The molecule has 0 aromatic carbocycles. The van der Waals surface area contributed by atoms with Gasteiger partial charge in [-0.15, -0.1) is 0 Å². The Hall–Kier alpha value is -1.06. The fraction of sp³-hybridized carbons (Fsp3) is 0.926. The monoisotopic (exact) mass is 436 g/mol. The van der Waals surface area contributed by atoms with E-state index in [4.69, 9.17) is 0 Å². The molecular formula is C27H48O4-2. The van der Waals surface area contributed by atoms with Crippen LogP contribution in [0.3, 0.4) is 0 Å². The van der Waals surface area contributed by atoms with Crippen LogP contribution in [0.5, 0.6) is 0 Å². The summed E-state index contributed by atoms with van der Waals surface area (Å²) in [6.45, 7) is 19.4. The third-order valence-electron chi connectivity index (χ3n) is 7.51. The van der Waals surface area contributed by atoms with Crippen molar-refractivity contribution < 1.29 is 19.8 Å². The third kappa shape index (κ3) is 7.49. The first-order valence-electron chi connectivity index (χ1n) is 12.4. The Morgan fingerprint density at radius 3 is 1.58 bits per heavy atom. The normalized spacial score (nSPS) is 29.4. The van der Waals surface area contributed by atoms with E-state index in [-0.39, 0.29) is 16.7 Å². The number of carboxylic acid groups (broad SMARTS) is 2. The molecule has 182 valence electrons. The van der Waals surface area contributed by atoms with Gasteiger partial charge in [0.1, 0.15) is 0 Å². The van der Waals surface area contributed by atoms with Gasteiger partial charge in [0.05, 0.1) is 0 Å². The van der Waals surface area contributed by atoms with Crippen molar-refractivity contribution in [3.63, 3.8) is 0 Å². The molecule has 31 heavy (non-hydrogen) atoms. The number of carbonyl (C=O) groups excluding carboxylic acids is 2. The number of hydrogen-bond donors (Lipinski definition) is 0. The topological polar surface area (TPSA) is 80.3 Å². The summed E-state index contributed by atoms with van der Waals surface area (Å²) in [7, 11) is 0. The molecule has 5 unspecified atom stereocenters. The standard InChI is InChI=1S/C27H50O4/c1-19(16-24(4,5)6)10-13-26(22(28)29)14-11-21(3)18-27(26,23(30)31)15-12-20(2)17-25(7,8)9/h19-21H,10-18H2,1-9H3,(H,28,29)(H,30,31)/p-2. The first-order chi connectivity index (χ1) is 13.9. The number of rotatable bonds is 10. The van der Waals surface area contributed by atoms with Crippen molar-refractivity contribution in [3.05, 3.63) is 0 Å². The highest BCUT2D eigenvalue weighted by Crippen LogP contribution is 2.58. The minimum Gasteiger partial charge on any atom is -0.550 e. The van der Waals surface area contributed by atoms with Crippen molar-refractivity contribution in [2.75, 3.05) is 0 Å². The molecule has 4 heteroatoms. The minimum atomic E-state index is -1.35. The van der Waals surface area contributed by atoms with Crippen molar-refractivity contribution in [3.8, 4) is 0 Å². The highest BCUT2D eigenvalue weighted by Gasteiger charge is 2.55. The second-order valence-corrected chi connectivity index (χ2v) is 13.4. The van der Waals surface area contributed by atoms with Gasteiger partial charge in [-0.25, -0.2) is 0 Å². The Balaban J connectivity index is 3.23. The maximum atomic E-state index is 12.7. The summed E-state index contributed by atoms with van der Waals surface area (Å²) in [6, 6.07) is 0. The fourth-order valence-corrected chi connectivity index (χ4v) is 6.39. The lowest BCUT2D eigenvalue weighted by atomic mass is 9.50. The smallest absolute Gasteiger partial charge is 0.0485 e. The zero-order valence-corrected chi connectivity index (χ0v) is 21.7. The lowest BCUT2D eigenvalue weighted by Crippen LogP contribution is -2.63. The van der Waals surface area contributed by atoms with Gasteiger partial charge in [-0.2, -0.15) is 0 Å². The lowest BCUT2D eigenvalue weighted by Gasteiger charge is -2.57. The zero-order chi connectivity index (χ0) is 24.3. The summed E-state index contributed by atoms with van der Waals surface area (Å²) in [5.41, 5.74) is -2.38. The lowest BCUT2D eigenvalue weighted by molar-refractivity contribution is -0.351. The van der Waals surface area contributed by atoms with E-state index in [1.165, 1.54) is 0 Å². The van der Waals surface area contributed by atoms with Crippen molar-refractivity contribution in [1.82, 2.24) is 0 Å². The molecule has 0 bridgehead atoms. The van der Waals surface area contributed by atoms with Crippen LogP contribution in [-0.4, -0.2) is 11.9 Å². The molecule has 0 aromatic rings. The molecule has 0 radical (unpaired) electrons. The van der Waals surface area contributed by atoms with E-state index in [1.807, 2.05) is 6.92 Å². The molecule has 0 saturated heterocycles. The van der Waals surface area contributed by atoms with Crippen LogP contribution in [0.15, 0.2) is 0 Å². The number of hydrogen-bond acceptors (Lipinski definition) is 4. The van der Waals surface area contributed by atoms with Crippen molar-refractivity contribution in [2.45, 2.75) is 120 Å². The molecule has 1 fully saturated rings. The van der Waals surface area contributed by atoms with E-state index in [2.05, 4.69) is 55.4 Å². The van der Waals surface area contributed by atoms with Gasteiger partial charge in [-0.1, -0.05) is 62.3 Å². The molecule has 0 N–H and O–H groups in total. The van der Waals surface area contributed by atoms with Crippen LogP contribution in [0.25, 0.3) is 0 Å². The Kier molecular flexibility index (Phi) is 9.25. The van der Waals surface area contributed by atoms with E-state index in [0.717, 1.165) is 19.3 Å². The Morgan fingerprint density at radius 2 is 1.23 bits per heavy atom. The molecule has 0 heterocycles. The van der Waals surface area contributed by atoms with Crippen LogP contribution in [-0.2, 0) is 9.59 Å². The predicted molar refractivity (Wildman–Crippen MR) is 123 cm³/mol. The van der Waals surface area contributed by atoms with E-state index < -0.39 is 22.8 Å². The van der Waals surface area contributed by atoms with Crippen LogP contribution in [0.1, 0.15) is 120 Å². The first kappa shape index (κ1) is 28.0. The Labute approximate surface area is 191 Å². The van der Waals surface area contributed by atoms with Gasteiger partial charge in [0.25, 0.3) is 0 Å². The molecule has 0 aromatic heterocycles. The van der Waals surface area contributed by atoms with Crippen LogP contribution < -0.4 is 10.2 Å². The molecule has 0 spiro atoms. The number of carbonyl (C=O) groups is 2. The fourth-order valence-electron chi connectivity index (χ4n) is 6.39. The summed E-state index contributed by atoms with van der Waals surface area (Å²) in [4.78, 5) is 25.4. The molecule has 1 rings (SSSR count). The van der Waals surface area contributed by atoms with Gasteiger partial charge in [0.15, 0.2) is 0 Å². The van der Waals surface area contributed by atoms with Crippen LogP contribution in [0.2, 0.25) is 0 Å². The van der Waals surface area contributed by atoms with Gasteiger partial charge in [0.2, 0.25) is 0 Å². The second kappa shape index (κ2) is 10.3. The molecule has 0 amide bonds. The summed E-state index contributed by atoms with van der Waals surface area (Å²) in [6.07, 6.45) is 5.56. The van der Waals surface area contributed by atoms with Crippen molar-refractivity contribution in [2.24, 2.45) is 39.4 Å². The average molecular weight is 437 g/mol. The van der Waals surface area contributed by atoms with E-state index in [1.54, 1.807) is 0 Å². The largest absolute Gasteiger partial charge is 0.550 e. The maximum absolute atomic E-state index is 12.7. The Bertz CT molecular complexity index is 612. The van der Waals surface area contributed by atoms with E-state index in [0.29, 0.717) is 50.4 Å². The van der Waals surface area contributed by atoms with E-state index >= 15 is 0 Å². The number of aliphatic carboxylic acids is 2. The molecule has 1 aliphatic rings. The molecule has 5 atom stereocenters. The second-order valence-electron chi connectivity index (χ2n) is 13.4. The average Bonchev–Trinajstić information content (AvgIpc) is 2.55. The maximum Gasteiger partial charge on any atom is 0.0485 e. The minimum absolute atomic E-state index is 0.155. The summed E-state index contributed by atoms with van der Waals surface area (Å²) >= 11 is 0. The molecular weight excluding hydrogens is 388 g/mol. The quantitative estimate of drug-likeness (QED) is 0.483. The molecule has 1 aliphatic carbocycles. The summed E-state index contributed by atoms with van der Waals surface area (Å²) in [5.74, 6) is -1.54. The summed E-state index contributed by atoms with van der Waals surface area (Å²) in [5, 5.41) is 25.4. The molecule has 1 saturated carbocycles. The highest BCUT2D eigenvalue weighted by atomic mass is 16.4. The van der Waals surface area contributed by atoms with Crippen molar-refractivity contribution in [1.29, 1.82) is 0 Å². The third-order valence-corrected chi connectivity index (χ3v) is 7.51. The van der Waals surface area contributed by atoms with Gasteiger partial charge in [-0.3, -0.25) is 0 Å². The first-order valence-corrected chi connectivity index (χ1v) is 12.4. The van der Waals surface area contributed by atoms with Gasteiger partial charge in [0, 0.05) is 22.8 Å². The van der Waals surface area contributed by atoms with Crippen molar-refractivity contribution >= 4 is 11.9 Å². The zero-order valence-electron chi connectivity index (χ0n) is 21.7. The predicted octanol–water partition coefficient (Wildman–Crippen LogP) is 4.98. The Morgan fingerprint density at radius 1 is 0.839 bits per heavy atom. The van der Waals surface area contributed by atoms with Crippen LogP contribution in [0.4, 0.5) is 0 Å². The van der Waals surface area contributed by atoms with Gasteiger partial charge >= 0.3 is 0 Å². The summed E-state index contributed by atoms with van der Waals surface area (Å²) < 4.78 is 0. The van der Waals surface area contributed by atoms with Crippen LogP contribution >= 0.6 is 0 Å². The highest BCUT2D eigenvalue weighted by molar-refractivity contribution is 5.85. The SMILES string of the molecule is CC(CCC1(C(=O)[O-])CCC(C)CC1(CCC(C)CC(C)(C)C)C(=O)[O-])CC(C)(C)C. The molecule has 0 aliphatic heterocycles. The van der Waals surface area contributed by atoms with Crippen LogP contribution in [0, 0.1) is 39.4 Å². The molecule has 4 nitrogen and oxygen atoms in total. The number of carboxylic acids is 2. The van der Waals surface area contributed by atoms with Gasteiger partial charge in [-0.05, 0) is 86.4 Å².